The molecule has 1 atom stereocenters. The molecule has 3 aromatic carbocycles. The molecule has 0 saturated carbocycles. The Morgan fingerprint density at radius 2 is 1.60 bits per heavy atom. The highest BCUT2D eigenvalue weighted by Gasteiger charge is 2.22. The van der Waals surface area contributed by atoms with Crippen LogP contribution in [0.25, 0.3) is 0 Å². The summed E-state index contributed by atoms with van der Waals surface area (Å²) in [6.07, 6.45) is 0.694. The molecule has 3 aromatic rings. The second-order valence-electron chi connectivity index (χ2n) is 6.92. The van der Waals surface area contributed by atoms with E-state index in [1.165, 1.54) is 0 Å². The molecule has 6 heteroatoms. The van der Waals surface area contributed by atoms with Crippen LogP contribution in [0.3, 0.4) is 0 Å². The van der Waals surface area contributed by atoms with Gasteiger partial charge < -0.3 is 20.1 Å². The normalized spacial score (nSPS) is 14.7. The third-order valence-corrected chi connectivity index (χ3v) is 4.80. The Hall–Kier alpha value is -3.80. The average molecular weight is 402 g/mol. The Balaban J connectivity index is 1.29. The van der Waals surface area contributed by atoms with Gasteiger partial charge in [-0.2, -0.15) is 0 Å². The van der Waals surface area contributed by atoms with Gasteiger partial charge in [-0.25, -0.2) is 0 Å². The minimum atomic E-state index is -0.316. The fourth-order valence-corrected chi connectivity index (χ4v) is 3.30. The fraction of sp³-hybridized carbons (Fsp3) is 0.167. The molecule has 0 unspecified atom stereocenters. The van der Waals surface area contributed by atoms with Gasteiger partial charge >= 0.3 is 0 Å². The van der Waals surface area contributed by atoms with Crippen LogP contribution in [0.15, 0.2) is 78.9 Å². The number of rotatable bonds is 6. The molecule has 0 radical (unpaired) electrons. The highest BCUT2D eigenvalue weighted by Crippen LogP contribution is 2.31. The lowest BCUT2D eigenvalue weighted by atomic mass is 10.0. The maximum atomic E-state index is 12.4. The van der Waals surface area contributed by atoms with E-state index in [0.717, 1.165) is 17.1 Å². The number of nitrogens with one attached hydrogen (secondary N) is 2. The topological polar surface area (TPSA) is 76.7 Å². The Labute approximate surface area is 174 Å². The van der Waals surface area contributed by atoms with Crippen LogP contribution in [0.2, 0.25) is 0 Å². The molecule has 0 saturated heterocycles. The Kier molecular flexibility index (Phi) is 5.94. The van der Waals surface area contributed by atoms with Crippen LogP contribution in [0.5, 0.6) is 17.2 Å². The van der Waals surface area contributed by atoms with Crippen LogP contribution in [-0.2, 0) is 4.79 Å². The van der Waals surface area contributed by atoms with Crippen LogP contribution >= 0.6 is 0 Å². The van der Waals surface area contributed by atoms with Crippen molar-refractivity contribution in [1.82, 2.24) is 10.6 Å². The van der Waals surface area contributed by atoms with E-state index in [9.17, 15) is 9.59 Å². The molecule has 6 nitrogen and oxygen atoms in total. The van der Waals surface area contributed by atoms with Crippen molar-refractivity contribution in [2.45, 2.75) is 12.5 Å². The second-order valence-corrected chi connectivity index (χ2v) is 6.92. The van der Waals surface area contributed by atoms with Crippen LogP contribution in [0.4, 0.5) is 0 Å². The van der Waals surface area contributed by atoms with Gasteiger partial charge in [-0.3, -0.25) is 9.59 Å². The standard InChI is InChI=1S/C24H22N2O4/c27-23(26-21-14-15-29-22-9-5-4-8-20(21)22)16-25-24(28)17-10-12-19(13-11-17)30-18-6-2-1-3-7-18/h1-13,21H,14-16H2,(H,25,28)(H,26,27)/t21-/m1/s1. The number of ether oxygens (including phenoxy) is 2. The third kappa shape index (κ3) is 4.78. The quantitative estimate of drug-likeness (QED) is 0.657. The summed E-state index contributed by atoms with van der Waals surface area (Å²) in [5.74, 6) is 1.59. The van der Waals surface area contributed by atoms with Gasteiger partial charge in [0, 0.05) is 17.5 Å². The second kappa shape index (κ2) is 9.13. The molecule has 30 heavy (non-hydrogen) atoms. The minimum Gasteiger partial charge on any atom is -0.493 e. The first-order valence-electron chi connectivity index (χ1n) is 9.81. The van der Waals surface area contributed by atoms with E-state index in [2.05, 4.69) is 10.6 Å². The van der Waals surface area contributed by atoms with Crippen molar-refractivity contribution in [3.05, 3.63) is 90.0 Å². The molecule has 1 aliphatic heterocycles. The van der Waals surface area contributed by atoms with Gasteiger partial charge in [-0.1, -0.05) is 36.4 Å². The van der Waals surface area contributed by atoms with Crippen molar-refractivity contribution in [2.75, 3.05) is 13.2 Å². The molecule has 0 aliphatic carbocycles. The Morgan fingerprint density at radius 3 is 2.40 bits per heavy atom. The minimum absolute atomic E-state index is 0.0966. The van der Waals surface area contributed by atoms with Gasteiger partial charge in [0.05, 0.1) is 19.2 Å². The molecule has 0 spiro atoms. The number of hydrogen-bond donors (Lipinski definition) is 2. The first kappa shape index (κ1) is 19.5. The number of amides is 2. The smallest absolute Gasteiger partial charge is 0.251 e. The largest absolute Gasteiger partial charge is 0.493 e. The molecule has 4 rings (SSSR count). The van der Waals surface area contributed by atoms with Crippen LogP contribution in [0.1, 0.15) is 28.4 Å². The summed E-state index contributed by atoms with van der Waals surface area (Å²) in [4.78, 5) is 24.7. The van der Waals surface area contributed by atoms with Gasteiger partial charge in [0.2, 0.25) is 5.91 Å². The molecule has 2 N–H and O–H groups in total. The lowest BCUT2D eigenvalue weighted by Crippen LogP contribution is -2.39. The molecule has 152 valence electrons. The lowest BCUT2D eigenvalue weighted by molar-refractivity contribution is -0.121. The van der Waals surface area contributed by atoms with Crippen LogP contribution < -0.4 is 20.1 Å². The summed E-state index contributed by atoms with van der Waals surface area (Å²) >= 11 is 0. The summed E-state index contributed by atoms with van der Waals surface area (Å²) < 4.78 is 11.3. The van der Waals surface area contributed by atoms with E-state index < -0.39 is 0 Å². The SMILES string of the molecule is O=C(CNC(=O)c1ccc(Oc2ccccc2)cc1)N[C@@H]1CCOc2ccccc21. The summed E-state index contributed by atoms with van der Waals surface area (Å²) in [5, 5.41) is 5.62. The first-order chi connectivity index (χ1) is 14.7. The number of fused-ring (bicyclic) bond motifs is 1. The van der Waals surface area contributed by atoms with Gasteiger partial charge in [-0.15, -0.1) is 0 Å². The van der Waals surface area contributed by atoms with Gasteiger partial charge in [0.25, 0.3) is 5.91 Å². The predicted molar refractivity (Wildman–Crippen MR) is 113 cm³/mol. The lowest BCUT2D eigenvalue weighted by Gasteiger charge is -2.26. The molecular formula is C24H22N2O4. The average Bonchev–Trinajstić information content (AvgIpc) is 2.79. The highest BCUT2D eigenvalue weighted by molar-refractivity contribution is 5.96. The summed E-state index contributed by atoms with van der Waals surface area (Å²) in [7, 11) is 0. The number of hydrogen-bond acceptors (Lipinski definition) is 4. The van der Waals surface area contributed by atoms with E-state index in [1.54, 1.807) is 24.3 Å². The Morgan fingerprint density at radius 1 is 0.900 bits per heavy atom. The zero-order valence-corrected chi connectivity index (χ0v) is 16.3. The maximum absolute atomic E-state index is 12.4. The summed E-state index contributed by atoms with van der Waals surface area (Å²) in [6.45, 7) is 0.451. The maximum Gasteiger partial charge on any atom is 0.251 e. The molecule has 0 fully saturated rings. The van der Waals surface area contributed by atoms with E-state index in [0.29, 0.717) is 24.3 Å². The van der Waals surface area contributed by atoms with Crippen LogP contribution in [0, 0.1) is 0 Å². The zero-order valence-electron chi connectivity index (χ0n) is 16.3. The number of carbonyl (C=O) groups is 2. The van der Waals surface area contributed by atoms with Gasteiger partial charge in [0.1, 0.15) is 17.2 Å². The van der Waals surface area contributed by atoms with E-state index >= 15 is 0 Å². The summed E-state index contributed by atoms with van der Waals surface area (Å²) in [6, 6.07) is 23.7. The van der Waals surface area contributed by atoms with Crippen LogP contribution in [-0.4, -0.2) is 25.0 Å². The van der Waals surface area contributed by atoms with Crippen molar-refractivity contribution < 1.29 is 19.1 Å². The first-order valence-corrected chi connectivity index (χ1v) is 9.81. The molecule has 0 bridgehead atoms. The van der Waals surface area contributed by atoms with E-state index in [1.807, 2.05) is 54.6 Å². The van der Waals surface area contributed by atoms with Crippen molar-refractivity contribution in [3.63, 3.8) is 0 Å². The van der Waals surface area contributed by atoms with Crippen molar-refractivity contribution in [1.29, 1.82) is 0 Å². The van der Waals surface area contributed by atoms with Crippen molar-refractivity contribution in [2.24, 2.45) is 0 Å². The Bertz CT molecular complexity index is 1020. The zero-order chi connectivity index (χ0) is 20.8. The summed E-state index contributed by atoms with van der Waals surface area (Å²) in [5.41, 5.74) is 1.41. The third-order valence-electron chi connectivity index (χ3n) is 4.80. The number of carbonyl (C=O) groups excluding carboxylic acids is 2. The van der Waals surface area contributed by atoms with Gasteiger partial charge in [-0.05, 0) is 42.5 Å². The van der Waals surface area contributed by atoms with E-state index in [-0.39, 0.29) is 24.4 Å². The molecule has 2 amide bonds. The molecular weight excluding hydrogens is 380 g/mol. The van der Waals surface area contributed by atoms with Crippen molar-refractivity contribution >= 4 is 11.8 Å². The number of para-hydroxylation sites is 2. The van der Waals surface area contributed by atoms with Crippen molar-refractivity contribution in [3.8, 4) is 17.2 Å². The molecule has 0 aromatic heterocycles. The predicted octanol–water partition coefficient (Wildman–Crippen LogP) is 3.85. The molecule has 1 heterocycles. The monoisotopic (exact) mass is 402 g/mol. The fourth-order valence-electron chi connectivity index (χ4n) is 3.30. The molecule has 1 aliphatic rings. The van der Waals surface area contributed by atoms with E-state index in [4.69, 9.17) is 9.47 Å². The van der Waals surface area contributed by atoms with Gasteiger partial charge in [0.15, 0.2) is 0 Å². The highest BCUT2D eigenvalue weighted by atomic mass is 16.5. The number of benzene rings is 3.